The number of carbonyl (C=O) groups is 1. The molecule has 0 radical (unpaired) electrons. The molecule has 0 unspecified atom stereocenters. The second-order valence-corrected chi connectivity index (χ2v) is 10.5. The largest absolute Gasteiger partial charge is 0.444 e. The molecule has 29 heavy (non-hydrogen) atoms. The first-order valence-electron chi connectivity index (χ1n) is 8.97. The number of rotatable bonds is 3. The van der Waals surface area contributed by atoms with Crippen molar-refractivity contribution in [3.8, 4) is 0 Å². The molecule has 0 aromatic heterocycles. The lowest BCUT2D eigenvalue weighted by Gasteiger charge is -2.39. The Hall–Kier alpha value is -1.32. The molecule has 0 spiro atoms. The van der Waals surface area contributed by atoms with Crippen molar-refractivity contribution >= 4 is 60.9 Å². The predicted molar refractivity (Wildman–Crippen MR) is 115 cm³/mol. The summed E-state index contributed by atoms with van der Waals surface area (Å²) in [5.41, 5.74) is 1.72. The SMILES string of the molecule is O=C1OCc2cc(Br)ccc2N1C1CCN(S(=O)(=O)c2c(Cl)cccc2Cl)CC1. The van der Waals surface area contributed by atoms with Crippen molar-refractivity contribution in [1.82, 2.24) is 4.31 Å². The fraction of sp³-hybridized carbons (Fsp3) is 0.316. The van der Waals surface area contributed by atoms with Crippen LogP contribution in [0.1, 0.15) is 18.4 Å². The van der Waals surface area contributed by atoms with Crippen LogP contribution in [0.2, 0.25) is 10.0 Å². The van der Waals surface area contributed by atoms with Gasteiger partial charge in [-0.15, -0.1) is 0 Å². The summed E-state index contributed by atoms with van der Waals surface area (Å²) in [6.45, 7) is 0.733. The van der Waals surface area contributed by atoms with Crippen LogP contribution in [0, 0.1) is 0 Å². The number of benzene rings is 2. The van der Waals surface area contributed by atoms with Crippen molar-refractivity contribution in [2.24, 2.45) is 0 Å². The summed E-state index contributed by atoms with van der Waals surface area (Å²) in [7, 11) is -3.83. The molecule has 4 rings (SSSR count). The summed E-state index contributed by atoms with van der Waals surface area (Å²) in [5, 5.41) is 0.192. The molecule has 2 heterocycles. The second kappa shape index (κ2) is 8.07. The molecule has 154 valence electrons. The van der Waals surface area contributed by atoms with Gasteiger partial charge in [-0.1, -0.05) is 45.2 Å². The minimum Gasteiger partial charge on any atom is -0.444 e. The Morgan fingerprint density at radius 3 is 2.38 bits per heavy atom. The van der Waals surface area contributed by atoms with Crippen LogP contribution in [-0.2, 0) is 21.4 Å². The van der Waals surface area contributed by atoms with E-state index in [1.165, 1.54) is 16.4 Å². The monoisotopic (exact) mass is 518 g/mol. The number of amides is 1. The molecule has 10 heteroatoms. The highest BCUT2D eigenvalue weighted by Crippen LogP contribution is 2.36. The van der Waals surface area contributed by atoms with Crippen molar-refractivity contribution in [2.45, 2.75) is 30.4 Å². The molecular weight excluding hydrogens is 503 g/mol. The zero-order chi connectivity index (χ0) is 20.8. The third-order valence-electron chi connectivity index (χ3n) is 5.15. The number of anilines is 1. The maximum Gasteiger partial charge on any atom is 0.414 e. The van der Waals surface area contributed by atoms with Crippen molar-refractivity contribution in [1.29, 1.82) is 0 Å². The van der Waals surface area contributed by atoms with E-state index in [4.69, 9.17) is 27.9 Å². The van der Waals surface area contributed by atoms with Gasteiger partial charge in [0.2, 0.25) is 10.0 Å². The smallest absolute Gasteiger partial charge is 0.414 e. The number of sulfonamides is 1. The highest BCUT2D eigenvalue weighted by molar-refractivity contribution is 9.10. The summed E-state index contributed by atoms with van der Waals surface area (Å²) >= 11 is 15.6. The highest BCUT2D eigenvalue weighted by Gasteiger charge is 2.38. The first kappa shape index (κ1) is 20.9. The number of cyclic esters (lactones) is 1. The molecule has 0 atom stereocenters. The van der Waals surface area contributed by atoms with Crippen LogP contribution < -0.4 is 4.90 Å². The van der Waals surface area contributed by atoms with Gasteiger partial charge < -0.3 is 4.74 Å². The van der Waals surface area contributed by atoms with E-state index in [-0.39, 0.29) is 40.7 Å². The molecule has 1 amide bonds. The summed E-state index contributed by atoms with van der Waals surface area (Å²) < 4.78 is 33.7. The van der Waals surface area contributed by atoms with Crippen molar-refractivity contribution < 1.29 is 17.9 Å². The maximum absolute atomic E-state index is 13.1. The Labute approximate surface area is 187 Å². The van der Waals surface area contributed by atoms with Crippen LogP contribution in [0.5, 0.6) is 0 Å². The molecule has 2 aliphatic rings. The summed E-state index contributed by atoms with van der Waals surface area (Å²) in [4.78, 5) is 14.0. The molecular formula is C19H17BrCl2N2O4S. The van der Waals surface area contributed by atoms with Gasteiger partial charge in [-0.3, -0.25) is 4.90 Å². The molecule has 2 aromatic carbocycles. The predicted octanol–water partition coefficient (Wildman–Crippen LogP) is 5.07. The van der Waals surface area contributed by atoms with Gasteiger partial charge in [0.25, 0.3) is 0 Å². The minimum absolute atomic E-state index is 0.0747. The summed E-state index contributed by atoms with van der Waals surface area (Å²) in [5.74, 6) is 0. The van der Waals surface area contributed by atoms with Crippen LogP contribution >= 0.6 is 39.1 Å². The van der Waals surface area contributed by atoms with Crippen molar-refractivity contribution in [2.75, 3.05) is 18.0 Å². The molecule has 1 saturated heterocycles. The lowest BCUT2D eigenvalue weighted by Crippen LogP contribution is -2.50. The summed E-state index contributed by atoms with van der Waals surface area (Å²) in [6, 6.07) is 10.1. The Balaban J connectivity index is 1.55. The van der Waals surface area contributed by atoms with Crippen LogP contribution in [0.3, 0.4) is 0 Å². The molecule has 0 aliphatic carbocycles. The average molecular weight is 520 g/mol. The highest BCUT2D eigenvalue weighted by atomic mass is 79.9. The lowest BCUT2D eigenvalue weighted by molar-refractivity contribution is 0.135. The van der Waals surface area contributed by atoms with Gasteiger partial charge in [0.1, 0.15) is 11.5 Å². The van der Waals surface area contributed by atoms with Gasteiger partial charge >= 0.3 is 6.09 Å². The Bertz CT molecular complexity index is 1050. The topological polar surface area (TPSA) is 66.9 Å². The van der Waals surface area contributed by atoms with Crippen LogP contribution in [0.25, 0.3) is 0 Å². The zero-order valence-corrected chi connectivity index (χ0v) is 19.1. The summed E-state index contributed by atoms with van der Waals surface area (Å²) in [6.07, 6.45) is 0.549. The number of piperidine rings is 1. The quantitative estimate of drug-likeness (QED) is 0.568. The molecule has 0 saturated carbocycles. The van der Waals surface area contributed by atoms with Crippen LogP contribution in [0.4, 0.5) is 10.5 Å². The number of ether oxygens (including phenoxy) is 1. The first-order chi connectivity index (χ1) is 13.8. The van der Waals surface area contributed by atoms with Gasteiger partial charge in [0.15, 0.2) is 0 Å². The van der Waals surface area contributed by atoms with E-state index in [9.17, 15) is 13.2 Å². The third-order valence-corrected chi connectivity index (χ3v) is 8.50. The number of nitrogens with zero attached hydrogens (tertiary/aromatic N) is 2. The zero-order valence-electron chi connectivity index (χ0n) is 15.1. The van der Waals surface area contributed by atoms with E-state index in [0.29, 0.717) is 12.8 Å². The number of halogens is 3. The minimum atomic E-state index is -3.83. The number of carbonyl (C=O) groups excluding carboxylic acids is 1. The Kier molecular flexibility index (Phi) is 5.83. The Morgan fingerprint density at radius 1 is 1.07 bits per heavy atom. The lowest BCUT2D eigenvalue weighted by atomic mass is 10.0. The average Bonchev–Trinajstić information content (AvgIpc) is 2.68. The van der Waals surface area contributed by atoms with E-state index in [1.807, 2.05) is 18.2 Å². The van der Waals surface area contributed by atoms with Gasteiger partial charge in [0.05, 0.1) is 15.7 Å². The molecule has 2 aromatic rings. The number of fused-ring (bicyclic) bond motifs is 1. The van der Waals surface area contributed by atoms with Gasteiger partial charge in [-0.05, 0) is 43.2 Å². The molecule has 0 bridgehead atoms. The fourth-order valence-electron chi connectivity index (χ4n) is 3.76. The van der Waals surface area contributed by atoms with E-state index in [1.54, 1.807) is 11.0 Å². The number of hydrogen-bond donors (Lipinski definition) is 0. The van der Waals surface area contributed by atoms with Crippen molar-refractivity contribution in [3.05, 3.63) is 56.5 Å². The molecule has 2 aliphatic heterocycles. The Morgan fingerprint density at radius 2 is 1.72 bits per heavy atom. The molecule has 1 fully saturated rings. The molecule has 0 N–H and O–H groups in total. The van der Waals surface area contributed by atoms with Gasteiger partial charge in [0, 0.05) is 29.2 Å². The standard InChI is InChI=1S/C19H17BrCl2N2O4S/c20-13-4-5-17-12(10-13)11-28-19(25)24(17)14-6-8-23(9-7-14)29(26,27)18-15(21)2-1-3-16(18)22/h1-5,10,14H,6-9,11H2. The number of hydrogen-bond acceptors (Lipinski definition) is 4. The maximum atomic E-state index is 13.1. The van der Waals surface area contributed by atoms with E-state index in [2.05, 4.69) is 15.9 Å². The van der Waals surface area contributed by atoms with Crippen molar-refractivity contribution in [3.63, 3.8) is 0 Å². The molecule has 6 nitrogen and oxygen atoms in total. The van der Waals surface area contributed by atoms with Gasteiger partial charge in [-0.2, -0.15) is 4.31 Å². The van der Waals surface area contributed by atoms with Gasteiger partial charge in [-0.25, -0.2) is 13.2 Å². The first-order valence-corrected chi connectivity index (χ1v) is 12.0. The van der Waals surface area contributed by atoms with Crippen LogP contribution in [-0.4, -0.2) is 37.9 Å². The van der Waals surface area contributed by atoms with E-state index in [0.717, 1.165) is 15.7 Å². The van der Waals surface area contributed by atoms with E-state index >= 15 is 0 Å². The fourth-order valence-corrected chi connectivity index (χ4v) is 6.73. The third kappa shape index (κ3) is 3.88. The normalized spacial score (nSPS) is 18.4. The second-order valence-electron chi connectivity index (χ2n) is 6.88. The van der Waals surface area contributed by atoms with Crippen LogP contribution in [0.15, 0.2) is 45.8 Å². The van der Waals surface area contributed by atoms with E-state index < -0.39 is 16.1 Å².